The van der Waals surface area contributed by atoms with Crippen LogP contribution in [0.15, 0.2) is 73.1 Å². The summed E-state index contributed by atoms with van der Waals surface area (Å²) in [4.78, 5) is 31.3. The summed E-state index contributed by atoms with van der Waals surface area (Å²) < 4.78 is 18.8. The summed E-state index contributed by atoms with van der Waals surface area (Å²) in [5, 5.41) is 2.96. The number of carbonyl (C=O) groups excluding carboxylic acids is 2. The molecule has 0 spiro atoms. The zero-order chi connectivity index (χ0) is 23.0. The van der Waals surface area contributed by atoms with Crippen molar-refractivity contribution in [3.8, 4) is 5.75 Å². The van der Waals surface area contributed by atoms with Crippen LogP contribution in [0.2, 0.25) is 0 Å². The third kappa shape index (κ3) is 6.16. The molecule has 0 saturated carbocycles. The fourth-order valence-corrected chi connectivity index (χ4v) is 3.83. The lowest BCUT2D eigenvalue weighted by atomic mass is 9.95. The van der Waals surface area contributed by atoms with Gasteiger partial charge in [-0.05, 0) is 60.4 Å². The van der Waals surface area contributed by atoms with Crippen LogP contribution in [0.25, 0.3) is 0 Å². The average Bonchev–Trinajstić information content (AvgIpc) is 2.87. The summed E-state index contributed by atoms with van der Waals surface area (Å²) in [7, 11) is 0. The molecule has 0 aliphatic carbocycles. The number of hydrogen-bond acceptors (Lipinski definition) is 4. The zero-order valence-electron chi connectivity index (χ0n) is 18.2. The van der Waals surface area contributed by atoms with Gasteiger partial charge < -0.3 is 15.0 Å². The van der Waals surface area contributed by atoms with Gasteiger partial charge in [0.25, 0.3) is 5.91 Å². The Kier molecular flexibility index (Phi) is 7.29. The lowest BCUT2D eigenvalue weighted by Gasteiger charge is -2.31. The van der Waals surface area contributed by atoms with Crippen molar-refractivity contribution in [1.82, 2.24) is 15.2 Å². The van der Waals surface area contributed by atoms with E-state index in [9.17, 15) is 14.0 Å². The molecule has 4 rings (SSSR count). The van der Waals surface area contributed by atoms with Crippen LogP contribution in [-0.2, 0) is 17.9 Å². The topological polar surface area (TPSA) is 71.5 Å². The number of rotatable bonds is 7. The van der Waals surface area contributed by atoms with E-state index in [1.807, 2.05) is 12.1 Å². The number of halogens is 1. The van der Waals surface area contributed by atoms with E-state index in [4.69, 9.17) is 4.74 Å². The fraction of sp³-hybridized carbons (Fsp3) is 0.269. The minimum absolute atomic E-state index is 0.0159. The molecule has 2 heterocycles. The first kappa shape index (κ1) is 22.5. The molecule has 170 valence electrons. The Hall–Kier alpha value is -3.74. The molecule has 0 radical (unpaired) electrons. The molecule has 1 fully saturated rings. The van der Waals surface area contributed by atoms with E-state index < -0.39 is 0 Å². The third-order valence-electron chi connectivity index (χ3n) is 5.74. The van der Waals surface area contributed by atoms with E-state index in [-0.39, 0.29) is 30.2 Å². The molecule has 0 unspecified atom stereocenters. The first-order valence-electron chi connectivity index (χ1n) is 11.0. The maximum Gasteiger partial charge on any atom is 0.253 e. The minimum atomic E-state index is -0.291. The highest BCUT2D eigenvalue weighted by molar-refractivity contribution is 5.94. The number of nitrogens with one attached hydrogen (secondary N) is 1. The van der Waals surface area contributed by atoms with E-state index in [0.29, 0.717) is 43.8 Å². The molecule has 6 nitrogen and oxygen atoms in total. The summed E-state index contributed by atoms with van der Waals surface area (Å²) in [5.74, 6) is 0.130. The molecule has 0 atom stereocenters. The van der Waals surface area contributed by atoms with Gasteiger partial charge in [0.05, 0.1) is 0 Å². The van der Waals surface area contributed by atoms with Crippen molar-refractivity contribution in [2.45, 2.75) is 26.0 Å². The molecule has 1 aromatic heterocycles. The van der Waals surface area contributed by atoms with Gasteiger partial charge in [-0.1, -0.05) is 24.3 Å². The molecule has 2 aromatic carbocycles. The number of aromatic nitrogens is 1. The number of piperidine rings is 1. The Bertz CT molecular complexity index is 1080. The predicted molar refractivity (Wildman–Crippen MR) is 122 cm³/mol. The zero-order valence-corrected chi connectivity index (χ0v) is 18.2. The van der Waals surface area contributed by atoms with Crippen molar-refractivity contribution in [2.75, 3.05) is 13.1 Å². The van der Waals surface area contributed by atoms with Crippen molar-refractivity contribution in [3.05, 3.63) is 95.6 Å². The lowest BCUT2D eigenvalue weighted by Crippen LogP contribution is -2.42. The second-order valence-corrected chi connectivity index (χ2v) is 8.09. The van der Waals surface area contributed by atoms with Crippen molar-refractivity contribution in [2.24, 2.45) is 5.92 Å². The van der Waals surface area contributed by atoms with Crippen LogP contribution >= 0.6 is 0 Å². The molecule has 7 heteroatoms. The number of hydrogen-bond donors (Lipinski definition) is 1. The number of carbonyl (C=O) groups is 2. The van der Waals surface area contributed by atoms with Crippen LogP contribution < -0.4 is 10.1 Å². The van der Waals surface area contributed by atoms with Crippen LogP contribution in [0.3, 0.4) is 0 Å². The molecule has 1 aliphatic heterocycles. The number of amides is 2. The Morgan fingerprint density at radius 2 is 1.82 bits per heavy atom. The van der Waals surface area contributed by atoms with Crippen LogP contribution in [0.4, 0.5) is 4.39 Å². The molecule has 1 N–H and O–H groups in total. The second-order valence-electron chi connectivity index (χ2n) is 8.09. The number of benzene rings is 2. The average molecular weight is 448 g/mol. The normalized spacial score (nSPS) is 14.0. The summed E-state index contributed by atoms with van der Waals surface area (Å²) in [5.41, 5.74) is 2.35. The van der Waals surface area contributed by atoms with Gasteiger partial charge in [-0.2, -0.15) is 0 Å². The summed E-state index contributed by atoms with van der Waals surface area (Å²) in [6.45, 7) is 1.81. The summed E-state index contributed by atoms with van der Waals surface area (Å²) in [6.07, 6.45) is 4.70. The van der Waals surface area contributed by atoms with Crippen LogP contribution in [-0.4, -0.2) is 34.8 Å². The first-order valence-corrected chi connectivity index (χ1v) is 11.0. The van der Waals surface area contributed by atoms with E-state index in [1.54, 1.807) is 53.7 Å². The van der Waals surface area contributed by atoms with Crippen LogP contribution in [0.1, 0.15) is 34.3 Å². The Balaban J connectivity index is 1.27. The lowest BCUT2D eigenvalue weighted by molar-refractivity contribution is -0.126. The van der Waals surface area contributed by atoms with E-state index in [0.717, 1.165) is 11.1 Å². The number of pyridine rings is 1. The van der Waals surface area contributed by atoms with Crippen molar-refractivity contribution < 1.29 is 18.7 Å². The Labute approximate surface area is 192 Å². The maximum absolute atomic E-state index is 13.0. The summed E-state index contributed by atoms with van der Waals surface area (Å²) in [6, 6.07) is 16.9. The van der Waals surface area contributed by atoms with Gasteiger partial charge in [0, 0.05) is 43.5 Å². The van der Waals surface area contributed by atoms with Gasteiger partial charge in [-0.15, -0.1) is 0 Å². The third-order valence-corrected chi connectivity index (χ3v) is 5.74. The summed E-state index contributed by atoms with van der Waals surface area (Å²) >= 11 is 0. The Morgan fingerprint density at radius 3 is 2.55 bits per heavy atom. The van der Waals surface area contributed by atoms with E-state index in [1.165, 1.54) is 12.1 Å². The minimum Gasteiger partial charge on any atom is -0.489 e. The first-order chi connectivity index (χ1) is 16.1. The molecule has 1 saturated heterocycles. The van der Waals surface area contributed by atoms with Gasteiger partial charge >= 0.3 is 0 Å². The second kappa shape index (κ2) is 10.7. The van der Waals surface area contributed by atoms with Crippen molar-refractivity contribution in [3.63, 3.8) is 0 Å². The van der Waals surface area contributed by atoms with Crippen LogP contribution in [0.5, 0.6) is 5.75 Å². The molecular formula is C26H26FN3O3. The predicted octanol–water partition coefficient (Wildman–Crippen LogP) is 3.97. The van der Waals surface area contributed by atoms with E-state index >= 15 is 0 Å². The highest BCUT2D eigenvalue weighted by Crippen LogP contribution is 2.22. The van der Waals surface area contributed by atoms with Gasteiger partial charge in [-0.25, -0.2) is 4.39 Å². The number of nitrogens with zero attached hydrogens (tertiary/aromatic N) is 2. The molecule has 0 bridgehead atoms. The SMILES string of the molecule is O=C(NCc1cccnc1)C1CCN(C(=O)c2cccc(OCc3ccc(F)cc3)c2)CC1. The van der Waals surface area contributed by atoms with Crippen LogP contribution in [0, 0.1) is 11.7 Å². The smallest absolute Gasteiger partial charge is 0.253 e. The fourth-order valence-electron chi connectivity index (χ4n) is 3.83. The van der Waals surface area contributed by atoms with Crippen molar-refractivity contribution >= 4 is 11.8 Å². The molecular weight excluding hydrogens is 421 g/mol. The Morgan fingerprint density at radius 1 is 1.03 bits per heavy atom. The molecule has 2 amide bonds. The quantitative estimate of drug-likeness (QED) is 0.595. The largest absolute Gasteiger partial charge is 0.489 e. The van der Waals surface area contributed by atoms with Gasteiger partial charge in [0.1, 0.15) is 18.2 Å². The van der Waals surface area contributed by atoms with E-state index in [2.05, 4.69) is 10.3 Å². The highest BCUT2D eigenvalue weighted by atomic mass is 19.1. The van der Waals surface area contributed by atoms with Gasteiger partial charge in [-0.3, -0.25) is 14.6 Å². The van der Waals surface area contributed by atoms with Gasteiger partial charge in [0.2, 0.25) is 5.91 Å². The van der Waals surface area contributed by atoms with Gasteiger partial charge in [0.15, 0.2) is 0 Å². The highest BCUT2D eigenvalue weighted by Gasteiger charge is 2.27. The van der Waals surface area contributed by atoms with Crippen molar-refractivity contribution in [1.29, 1.82) is 0 Å². The molecule has 33 heavy (non-hydrogen) atoms. The standard InChI is InChI=1S/C26H26FN3O3/c27-23-8-6-19(7-9-23)18-33-24-5-1-4-22(15-24)26(32)30-13-10-21(11-14-30)25(31)29-17-20-3-2-12-28-16-20/h1-9,12,15-16,21H,10-11,13-14,17-18H2,(H,29,31). The monoisotopic (exact) mass is 447 g/mol. The number of likely N-dealkylation sites (tertiary alicyclic amines) is 1. The maximum atomic E-state index is 13.0. The molecule has 1 aliphatic rings. The molecule has 3 aromatic rings. The number of ether oxygens (including phenoxy) is 1.